The van der Waals surface area contributed by atoms with Crippen molar-refractivity contribution in [2.45, 2.75) is 0 Å². The number of benzene rings is 8. The van der Waals surface area contributed by atoms with E-state index in [1.54, 1.807) is 0 Å². The van der Waals surface area contributed by atoms with Gasteiger partial charge in [-0.1, -0.05) is 146 Å². The molecule has 0 amide bonds. The van der Waals surface area contributed by atoms with E-state index in [1.165, 1.54) is 0 Å². The van der Waals surface area contributed by atoms with Gasteiger partial charge in [-0.25, -0.2) is 15.0 Å². The molecule has 0 atom stereocenters. The molecule has 0 radical (unpaired) electrons. The Balaban J connectivity index is 1.11. The number of hydrogen-bond acceptors (Lipinski definition) is 6. The number of nitrogens with zero attached hydrogens (tertiary/aromatic N) is 3. The first-order valence-electron chi connectivity index (χ1n) is 18.9. The second kappa shape index (κ2) is 12.3. The SMILES string of the molecule is c1ccc(-c2ccc(-c3nc(-c4ccc(-c5ccccc5)cc4)nc(-c4cc5oc6ccc7c8ccccc8oc7c6c5c5c4oc4ccccc45)n3)cc2)cc1. The smallest absolute Gasteiger partial charge is 0.168 e. The third-order valence-electron chi connectivity index (χ3n) is 11.0. The van der Waals surface area contributed by atoms with Gasteiger partial charge in [-0.05, 0) is 52.6 Å². The van der Waals surface area contributed by atoms with Gasteiger partial charge in [0.1, 0.15) is 33.5 Å². The fraction of sp³-hybridized carbons (Fsp3) is 0. The van der Waals surface area contributed by atoms with Gasteiger partial charge in [0, 0.05) is 38.1 Å². The van der Waals surface area contributed by atoms with E-state index in [2.05, 4.69) is 91.0 Å². The third kappa shape index (κ3) is 5.01. The van der Waals surface area contributed by atoms with Crippen molar-refractivity contribution < 1.29 is 13.3 Å². The van der Waals surface area contributed by atoms with Crippen LogP contribution >= 0.6 is 0 Å². The summed E-state index contributed by atoms with van der Waals surface area (Å²) < 4.78 is 20.1. The molecule has 4 heterocycles. The van der Waals surface area contributed by atoms with Crippen LogP contribution in [0.3, 0.4) is 0 Å². The van der Waals surface area contributed by atoms with Crippen molar-refractivity contribution in [2.75, 3.05) is 0 Å². The summed E-state index contributed by atoms with van der Waals surface area (Å²) in [6.07, 6.45) is 0. The minimum atomic E-state index is 0.481. The number of para-hydroxylation sites is 2. The Morgan fingerprint density at radius 3 is 1.40 bits per heavy atom. The number of rotatable bonds is 5. The molecule has 0 aliphatic rings. The standard InChI is InChI=1S/C51H29N3O3/c1-3-11-30(12-4-1)32-19-23-34(24-20-32)49-52-50(35-25-21-33(22-26-35)31-13-5-2-6-14-31)54-51(53-49)39-29-43-45(44-38-16-8-10-18-41(38)57-48(39)44)46-42(55-43)28-27-37-36-15-7-9-17-40(36)56-47(37)46/h1-29H. The molecule has 0 aliphatic carbocycles. The zero-order valence-corrected chi connectivity index (χ0v) is 30.3. The first kappa shape index (κ1) is 31.5. The third-order valence-corrected chi connectivity index (χ3v) is 11.0. The van der Waals surface area contributed by atoms with E-state index in [0.717, 1.165) is 88.0 Å². The van der Waals surface area contributed by atoms with Crippen LogP contribution in [0.1, 0.15) is 0 Å². The lowest BCUT2D eigenvalue weighted by Gasteiger charge is -2.10. The molecule has 0 fully saturated rings. The molecule has 266 valence electrons. The summed E-state index contributed by atoms with van der Waals surface area (Å²) in [4.78, 5) is 15.5. The van der Waals surface area contributed by atoms with E-state index in [-0.39, 0.29) is 0 Å². The molecule has 0 bridgehead atoms. The molecule has 4 aromatic heterocycles. The lowest BCUT2D eigenvalue weighted by atomic mass is 10.0. The Bertz CT molecular complexity index is 3390. The van der Waals surface area contributed by atoms with E-state index in [9.17, 15) is 0 Å². The number of fused-ring (bicyclic) bond motifs is 11. The molecule has 6 nitrogen and oxygen atoms in total. The largest absolute Gasteiger partial charge is 0.456 e. The molecule has 0 saturated heterocycles. The van der Waals surface area contributed by atoms with Crippen LogP contribution in [-0.4, -0.2) is 15.0 Å². The van der Waals surface area contributed by atoms with E-state index in [1.807, 2.05) is 84.9 Å². The Labute approximate surface area is 325 Å². The molecule has 8 aromatic carbocycles. The van der Waals surface area contributed by atoms with Crippen LogP contribution in [-0.2, 0) is 0 Å². The zero-order valence-electron chi connectivity index (χ0n) is 30.3. The second-order valence-corrected chi connectivity index (χ2v) is 14.3. The van der Waals surface area contributed by atoms with Crippen LogP contribution in [0.25, 0.3) is 122 Å². The molecule has 12 rings (SSSR count). The van der Waals surface area contributed by atoms with E-state index >= 15 is 0 Å². The van der Waals surface area contributed by atoms with E-state index in [0.29, 0.717) is 34.2 Å². The van der Waals surface area contributed by atoms with Gasteiger partial charge >= 0.3 is 0 Å². The lowest BCUT2D eigenvalue weighted by Crippen LogP contribution is -2.00. The molecule has 12 aromatic rings. The highest BCUT2D eigenvalue weighted by Crippen LogP contribution is 2.47. The van der Waals surface area contributed by atoms with E-state index < -0.39 is 0 Å². The van der Waals surface area contributed by atoms with Crippen LogP contribution in [0.2, 0.25) is 0 Å². The average molecular weight is 732 g/mol. The Hall–Kier alpha value is -7.83. The second-order valence-electron chi connectivity index (χ2n) is 14.3. The highest BCUT2D eigenvalue weighted by molar-refractivity contribution is 6.33. The normalized spacial score (nSPS) is 11.9. The van der Waals surface area contributed by atoms with Crippen LogP contribution in [0.5, 0.6) is 0 Å². The minimum absolute atomic E-state index is 0.481. The first-order chi connectivity index (χ1) is 28.2. The van der Waals surface area contributed by atoms with Crippen molar-refractivity contribution in [1.82, 2.24) is 15.0 Å². The van der Waals surface area contributed by atoms with Crippen molar-refractivity contribution in [2.24, 2.45) is 0 Å². The molecule has 57 heavy (non-hydrogen) atoms. The van der Waals surface area contributed by atoms with Crippen LogP contribution in [0.15, 0.2) is 189 Å². The fourth-order valence-electron chi connectivity index (χ4n) is 8.22. The topological polar surface area (TPSA) is 78.1 Å². The Morgan fingerprint density at radius 2 is 0.772 bits per heavy atom. The fourth-order valence-corrected chi connectivity index (χ4v) is 8.22. The number of furan rings is 3. The highest BCUT2D eigenvalue weighted by atomic mass is 16.3. The van der Waals surface area contributed by atoms with Crippen LogP contribution in [0.4, 0.5) is 0 Å². The summed E-state index contributed by atoms with van der Waals surface area (Å²) >= 11 is 0. The molecule has 0 spiro atoms. The minimum Gasteiger partial charge on any atom is -0.456 e. The Kier molecular flexibility index (Phi) is 6.83. The van der Waals surface area contributed by atoms with Crippen LogP contribution in [0, 0.1) is 0 Å². The molecular weight excluding hydrogens is 703 g/mol. The van der Waals surface area contributed by atoms with Gasteiger partial charge in [-0.15, -0.1) is 0 Å². The summed E-state index contributed by atoms with van der Waals surface area (Å²) in [7, 11) is 0. The number of hydrogen-bond donors (Lipinski definition) is 0. The van der Waals surface area contributed by atoms with Gasteiger partial charge in [-0.3, -0.25) is 0 Å². The number of aromatic nitrogens is 3. The molecule has 0 saturated carbocycles. The van der Waals surface area contributed by atoms with Gasteiger partial charge in [-0.2, -0.15) is 0 Å². The van der Waals surface area contributed by atoms with Gasteiger partial charge in [0.25, 0.3) is 0 Å². The summed E-state index contributed by atoms with van der Waals surface area (Å²) in [5.74, 6) is 1.59. The predicted octanol–water partition coefficient (Wildman–Crippen LogP) is 13.9. The van der Waals surface area contributed by atoms with Crippen molar-refractivity contribution in [3.8, 4) is 56.4 Å². The monoisotopic (exact) mass is 731 g/mol. The maximum Gasteiger partial charge on any atom is 0.168 e. The van der Waals surface area contributed by atoms with Crippen molar-refractivity contribution in [3.05, 3.63) is 176 Å². The average Bonchev–Trinajstić information content (AvgIpc) is 3.98. The van der Waals surface area contributed by atoms with E-state index in [4.69, 9.17) is 28.2 Å². The summed E-state index contributed by atoms with van der Waals surface area (Å²) in [5.41, 5.74) is 11.4. The summed E-state index contributed by atoms with van der Waals surface area (Å²) in [6.45, 7) is 0. The lowest BCUT2D eigenvalue weighted by molar-refractivity contribution is 0.660. The first-order valence-corrected chi connectivity index (χ1v) is 18.9. The van der Waals surface area contributed by atoms with Crippen molar-refractivity contribution in [1.29, 1.82) is 0 Å². The molecule has 0 aliphatic heterocycles. The van der Waals surface area contributed by atoms with Gasteiger partial charge in [0.05, 0.1) is 10.9 Å². The van der Waals surface area contributed by atoms with Gasteiger partial charge in [0.2, 0.25) is 0 Å². The Morgan fingerprint density at radius 1 is 0.281 bits per heavy atom. The quantitative estimate of drug-likeness (QED) is 0.175. The van der Waals surface area contributed by atoms with Crippen molar-refractivity contribution in [3.63, 3.8) is 0 Å². The molecule has 0 N–H and O–H groups in total. The van der Waals surface area contributed by atoms with Crippen molar-refractivity contribution >= 4 is 65.8 Å². The maximum absolute atomic E-state index is 6.78. The molecular formula is C51H29N3O3. The molecule has 0 unspecified atom stereocenters. The summed E-state index contributed by atoms with van der Waals surface area (Å²) in [5, 5.41) is 5.84. The van der Waals surface area contributed by atoms with Gasteiger partial charge < -0.3 is 13.3 Å². The summed E-state index contributed by atoms with van der Waals surface area (Å²) in [6, 6.07) is 59.8. The highest BCUT2D eigenvalue weighted by Gasteiger charge is 2.25. The maximum atomic E-state index is 6.78. The zero-order chi connectivity index (χ0) is 37.5. The predicted molar refractivity (Wildman–Crippen MR) is 229 cm³/mol. The van der Waals surface area contributed by atoms with Crippen LogP contribution < -0.4 is 0 Å². The molecule has 6 heteroatoms. The van der Waals surface area contributed by atoms with Gasteiger partial charge in [0.15, 0.2) is 17.5 Å².